The van der Waals surface area contributed by atoms with E-state index in [1.807, 2.05) is 12.1 Å². The second-order valence-corrected chi connectivity index (χ2v) is 8.65. The maximum absolute atomic E-state index is 6.16. The average Bonchev–Trinajstić information content (AvgIpc) is 2.18. The number of anilines is 1. The van der Waals surface area contributed by atoms with Gasteiger partial charge in [0.25, 0.3) is 0 Å². The van der Waals surface area contributed by atoms with Crippen LogP contribution in [0, 0.1) is 10.8 Å². The van der Waals surface area contributed by atoms with Crippen molar-refractivity contribution >= 4 is 33.2 Å². The van der Waals surface area contributed by atoms with Gasteiger partial charge in [-0.3, -0.25) is 0 Å². The first-order valence-electron chi connectivity index (χ1n) is 6.89. The number of nitrogens with one attached hydrogen (secondary N) is 1. The van der Waals surface area contributed by atoms with Crippen LogP contribution in [-0.4, -0.2) is 6.04 Å². The molecule has 106 valence electrons. The second-order valence-electron chi connectivity index (χ2n) is 7.38. The molecule has 1 nitrogen and oxygen atoms in total. The van der Waals surface area contributed by atoms with Gasteiger partial charge in [-0.15, -0.1) is 0 Å². The SMILES string of the molecule is CC1(C)CC(Nc2ccc(Br)c(Cl)c2)CC(C)(C)C1. The van der Waals surface area contributed by atoms with Crippen LogP contribution >= 0.6 is 27.5 Å². The van der Waals surface area contributed by atoms with E-state index in [4.69, 9.17) is 11.6 Å². The monoisotopic (exact) mass is 343 g/mol. The van der Waals surface area contributed by atoms with Gasteiger partial charge in [0.1, 0.15) is 0 Å². The largest absolute Gasteiger partial charge is 0.382 e. The molecule has 1 N–H and O–H groups in total. The third kappa shape index (κ3) is 4.13. The third-order valence-corrected chi connectivity index (χ3v) is 5.08. The van der Waals surface area contributed by atoms with Crippen LogP contribution < -0.4 is 5.32 Å². The highest BCUT2D eigenvalue weighted by Gasteiger charge is 2.38. The number of benzene rings is 1. The molecule has 0 aromatic heterocycles. The van der Waals surface area contributed by atoms with Crippen LogP contribution in [0.3, 0.4) is 0 Å². The zero-order chi connectivity index (χ0) is 14.3. The maximum Gasteiger partial charge on any atom is 0.0568 e. The van der Waals surface area contributed by atoms with Crippen molar-refractivity contribution in [1.29, 1.82) is 0 Å². The van der Waals surface area contributed by atoms with Crippen LogP contribution in [0.4, 0.5) is 5.69 Å². The van der Waals surface area contributed by atoms with Crippen molar-refractivity contribution < 1.29 is 0 Å². The Hall–Kier alpha value is -0.210. The summed E-state index contributed by atoms with van der Waals surface area (Å²) in [6.07, 6.45) is 3.72. The Morgan fingerprint density at radius 3 is 2.26 bits per heavy atom. The summed E-state index contributed by atoms with van der Waals surface area (Å²) < 4.78 is 0.948. The molecule has 0 radical (unpaired) electrons. The van der Waals surface area contributed by atoms with Gasteiger partial charge in [0.2, 0.25) is 0 Å². The van der Waals surface area contributed by atoms with E-state index in [2.05, 4.69) is 55.0 Å². The van der Waals surface area contributed by atoms with E-state index >= 15 is 0 Å². The number of rotatable bonds is 2. The van der Waals surface area contributed by atoms with Gasteiger partial charge in [0, 0.05) is 16.2 Å². The van der Waals surface area contributed by atoms with Gasteiger partial charge in [-0.1, -0.05) is 39.3 Å². The minimum atomic E-state index is 0.401. The Bertz CT molecular complexity index is 452. The van der Waals surface area contributed by atoms with E-state index in [0.717, 1.165) is 15.2 Å². The topological polar surface area (TPSA) is 12.0 Å². The molecule has 1 aliphatic carbocycles. The van der Waals surface area contributed by atoms with Gasteiger partial charge >= 0.3 is 0 Å². The fourth-order valence-corrected chi connectivity index (χ4v) is 4.20. The van der Waals surface area contributed by atoms with Crippen molar-refractivity contribution in [3.63, 3.8) is 0 Å². The van der Waals surface area contributed by atoms with Crippen LogP contribution in [0.5, 0.6) is 0 Å². The first-order valence-corrected chi connectivity index (χ1v) is 8.06. The second kappa shape index (κ2) is 5.29. The Labute approximate surface area is 130 Å². The lowest BCUT2D eigenvalue weighted by Crippen LogP contribution is -2.40. The molecule has 0 spiro atoms. The standard InChI is InChI=1S/C16H23BrClN/c1-15(2)8-12(9-16(3,4)10-15)19-11-5-6-13(17)14(18)7-11/h5-7,12,19H,8-10H2,1-4H3. The molecule has 0 aliphatic heterocycles. The van der Waals surface area contributed by atoms with Crippen molar-refractivity contribution in [3.05, 3.63) is 27.7 Å². The van der Waals surface area contributed by atoms with E-state index in [-0.39, 0.29) is 0 Å². The van der Waals surface area contributed by atoms with E-state index in [9.17, 15) is 0 Å². The fourth-order valence-electron chi connectivity index (χ4n) is 3.77. The van der Waals surface area contributed by atoms with E-state index in [1.165, 1.54) is 19.3 Å². The number of hydrogen-bond acceptors (Lipinski definition) is 1. The molecule has 1 saturated carbocycles. The Morgan fingerprint density at radius 1 is 1.16 bits per heavy atom. The van der Waals surface area contributed by atoms with Crippen molar-refractivity contribution in [2.45, 2.75) is 53.0 Å². The van der Waals surface area contributed by atoms with Gasteiger partial charge in [0.15, 0.2) is 0 Å². The molecular formula is C16H23BrClN. The molecule has 1 aromatic carbocycles. The molecule has 19 heavy (non-hydrogen) atoms. The molecule has 0 bridgehead atoms. The maximum atomic E-state index is 6.16. The molecule has 3 heteroatoms. The Morgan fingerprint density at radius 2 is 1.74 bits per heavy atom. The summed E-state index contributed by atoms with van der Waals surface area (Å²) in [6, 6.07) is 6.62. The van der Waals surface area contributed by atoms with Crippen LogP contribution in [0.1, 0.15) is 47.0 Å². The summed E-state index contributed by atoms with van der Waals surface area (Å²) in [6.45, 7) is 9.49. The lowest BCUT2D eigenvalue weighted by atomic mass is 9.63. The molecule has 1 aliphatic rings. The van der Waals surface area contributed by atoms with Crippen molar-refractivity contribution in [3.8, 4) is 0 Å². The smallest absolute Gasteiger partial charge is 0.0568 e. The molecule has 0 unspecified atom stereocenters. The minimum Gasteiger partial charge on any atom is -0.382 e. The molecule has 0 saturated heterocycles. The molecule has 0 heterocycles. The van der Waals surface area contributed by atoms with E-state index in [1.54, 1.807) is 0 Å². The van der Waals surface area contributed by atoms with Crippen LogP contribution in [0.2, 0.25) is 5.02 Å². The normalized spacial score (nSPS) is 22.2. The Kier molecular flexibility index (Phi) is 4.23. The van der Waals surface area contributed by atoms with Gasteiger partial charge in [0.05, 0.1) is 5.02 Å². The van der Waals surface area contributed by atoms with Crippen LogP contribution in [-0.2, 0) is 0 Å². The highest BCUT2D eigenvalue weighted by molar-refractivity contribution is 9.10. The summed E-state index contributed by atoms with van der Waals surface area (Å²) in [5.74, 6) is 0. The van der Waals surface area contributed by atoms with E-state index < -0.39 is 0 Å². The predicted octanol–water partition coefficient (Wildman–Crippen LogP) is 6.12. The molecule has 1 fully saturated rings. The van der Waals surface area contributed by atoms with Crippen molar-refractivity contribution in [2.75, 3.05) is 5.32 Å². The van der Waals surface area contributed by atoms with E-state index in [0.29, 0.717) is 16.9 Å². The first-order chi connectivity index (χ1) is 8.67. The molecular weight excluding hydrogens is 322 g/mol. The zero-order valence-corrected chi connectivity index (χ0v) is 14.5. The highest BCUT2D eigenvalue weighted by atomic mass is 79.9. The lowest BCUT2D eigenvalue weighted by molar-refractivity contribution is 0.105. The van der Waals surface area contributed by atoms with Gasteiger partial charge in [-0.05, 0) is 64.2 Å². The quantitative estimate of drug-likeness (QED) is 0.681. The highest BCUT2D eigenvalue weighted by Crippen LogP contribution is 2.46. The molecule has 2 rings (SSSR count). The molecule has 1 aromatic rings. The Balaban J connectivity index is 2.11. The third-order valence-electron chi connectivity index (χ3n) is 3.85. The van der Waals surface area contributed by atoms with Gasteiger partial charge in [-0.2, -0.15) is 0 Å². The lowest BCUT2D eigenvalue weighted by Gasteiger charge is -2.45. The summed E-state index contributed by atoms with van der Waals surface area (Å²) in [7, 11) is 0. The average molecular weight is 345 g/mol. The summed E-state index contributed by atoms with van der Waals surface area (Å²) in [5.41, 5.74) is 1.92. The number of halogens is 2. The van der Waals surface area contributed by atoms with Gasteiger partial charge < -0.3 is 5.32 Å². The summed E-state index contributed by atoms with van der Waals surface area (Å²) in [4.78, 5) is 0. The molecule has 0 amide bonds. The van der Waals surface area contributed by atoms with Gasteiger partial charge in [-0.25, -0.2) is 0 Å². The minimum absolute atomic E-state index is 0.401. The predicted molar refractivity (Wildman–Crippen MR) is 88.0 cm³/mol. The summed E-state index contributed by atoms with van der Waals surface area (Å²) in [5, 5.41) is 4.42. The first kappa shape index (κ1) is 15.2. The molecule has 0 atom stereocenters. The fraction of sp³-hybridized carbons (Fsp3) is 0.625. The zero-order valence-electron chi connectivity index (χ0n) is 12.2. The number of hydrogen-bond donors (Lipinski definition) is 1. The van der Waals surface area contributed by atoms with Crippen LogP contribution in [0.25, 0.3) is 0 Å². The van der Waals surface area contributed by atoms with Crippen LogP contribution in [0.15, 0.2) is 22.7 Å². The van der Waals surface area contributed by atoms with Crippen molar-refractivity contribution in [2.24, 2.45) is 10.8 Å². The van der Waals surface area contributed by atoms with Crippen molar-refractivity contribution in [1.82, 2.24) is 0 Å². The summed E-state index contributed by atoms with van der Waals surface area (Å²) >= 11 is 9.59.